The molecule has 1 unspecified atom stereocenters. The molecule has 0 radical (unpaired) electrons. The monoisotopic (exact) mass is 423 g/mol. The number of benzene rings is 2. The van der Waals surface area contributed by atoms with Gasteiger partial charge in [0.1, 0.15) is 0 Å². The van der Waals surface area contributed by atoms with E-state index < -0.39 is 0 Å². The van der Waals surface area contributed by atoms with Crippen molar-refractivity contribution in [2.45, 2.75) is 31.2 Å². The van der Waals surface area contributed by atoms with Crippen molar-refractivity contribution in [2.75, 3.05) is 26.3 Å². The Morgan fingerprint density at radius 1 is 1.10 bits per heavy atom. The Kier molecular flexibility index (Phi) is 5.92. The molecule has 1 amide bonds. The summed E-state index contributed by atoms with van der Waals surface area (Å²) in [6.45, 7) is 8.25. The first-order chi connectivity index (χ1) is 14.5. The number of para-hydroxylation sites is 1. The average molecular weight is 424 g/mol. The number of carbonyl (C=O) groups excluding carboxylic acids is 1. The highest BCUT2D eigenvalue weighted by Gasteiger charge is 2.25. The Morgan fingerprint density at radius 2 is 1.83 bits per heavy atom. The first-order valence-electron chi connectivity index (χ1n) is 10.1. The number of hydrogen-bond acceptors (Lipinski definition) is 5. The SMILES string of the molecule is Cc1ccc(-n2c(SC(C)C(=O)N3CCOCC3)nc3ccccc3c2=O)cc1C. The number of aromatic nitrogens is 2. The molecule has 0 N–H and O–H groups in total. The van der Waals surface area contributed by atoms with Gasteiger partial charge in [-0.15, -0.1) is 0 Å². The molecular weight excluding hydrogens is 398 g/mol. The molecule has 30 heavy (non-hydrogen) atoms. The Labute approximate surface area is 179 Å². The molecule has 2 aromatic carbocycles. The molecule has 0 aliphatic carbocycles. The summed E-state index contributed by atoms with van der Waals surface area (Å²) in [6.07, 6.45) is 0. The van der Waals surface area contributed by atoms with Crippen molar-refractivity contribution in [1.82, 2.24) is 14.5 Å². The fourth-order valence-corrected chi connectivity index (χ4v) is 4.54. The van der Waals surface area contributed by atoms with E-state index in [1.165, 1.54) is 11.8 Å². The third kappa shape index (κ3) is 4.00. The molecule has 1 fully saturated rings. The lowest BCUT2D eigenvalue weighted by Gasteiger charge is -2.29. The molecule has 0 saturated carbocycles. The van der Waals surface area contributed by atoms with Crippen LogP contribution in [0, 0.1) is 13.8 Å². The zero-order valence-electron chi connectivity index (χ0n) is 17.4. The Balaban J connectivity index is 1.78. The van der Waals surface area contributed by atoms with Gasteiger partial charge in [-0.3, -0.25) is 14.2 Å². The molecular formula is C23H25N3O3S. The highest BCUT2D eigenvalue weighted by Crippen LogP contribution is 2.27. The standard InChI is InChI=1S/C23H25N3O3S/c1-15-8-9-18(14-16(15)2)26-22(28)19-6-4-5-7-20(19)24-23(26)30-17(3)21(27)25-10-12-29-13-11-25/h4-9,14,17H,10-13H2,1-3H3. The van der Waals surface area contributed by atoms with E-state index in [-0.39, 0.29) is 16.7 Å². The van der Waals surface area contributed by atoms with Gasteiger partial charge < -0.3 is 9.64 Å². The fourth-order valence-electron chi connectivity index (χ4n) is 3.53. The predicted molar refractivity (Wildman–Crippen MR) is 120 cm³/mol. The first kappa shape index (κ1) is 20.6. The Morgan fingerprint density at radius 3 is 2.57 bits per heavy atom. The number of thioether (sulfide) groups is 1. The van der Waals surface area contributed by atoms with Gasteiger partial charge in [0.15, 0.2) is 5.16 Å². The van der Waals surface area contributed by atoms with E-state index in [1.54, 1.807) is 10.6 Å². The number of ether oxygens (including phenoxy) is 1. The maximum Gasteiger partial charge on any atom is 0.266 e. The van der Waals surface area contributed by atoms with Crippen molar-refractivity contribution in [3.8, 4) is 5.69 Å². The smallest absolute Gasteiger partial charge is 0.266 e. The largest absolute Gasteiger partial charge is 0.378 e. The molecule has 0 spiro atoms. The minimum Gasteiger partial charge on any atom is -0.378 e. The van der Waals surface area contributed by atoms with Gasteiger partial charge in [0.2, 0.25) is 5.91 Å². The van der Waals surface area contributed by atoms with Gasteiger partial charge in [0.05, 0.1) is 35.1 Å². The van der Waals surface area contributed by atoms with E-state index in [0.717, 1.165) is 16.8 Å². The van der Waals surface area contributed by atoms with Gasteiger partial charge in [-0.2, -0.15) is 0 Å². The first-order valence-corrected chi connectivity index (χ1v) is 11.0. The van der Waals surface area contributed by atoms with Crippen LogP contribution in [0.4, 0.5) is 0 Å². The summed E-state index contributed by atoms with van der Waals surface area (Å²) < 4.78 is 6.98. The number of morpholine rings is 1. The lowest BCUT2D eigenvalue weighted by Crippen LogP contribution is -2.44. The minimum absolute atomic E-state index is 0.0392. The van der Waals surface area contributed by atoms with Gasteiger partial charge in [-0.25, -0.2) is 4.98 Å². The van der Waals surface area contributed by atoms with Crippen LogP contribution in [0.1, 0.15) is 18.1 Å². The van der Waals surface area contributed by atoms with Crippen molar-refractivity contribution >= 4 is 28.6 Å². The summed E-state index contributed by atoms with van der Waals surface area (Å²) in [5.74, 6) is 0.0392. The molecule has 7 heteroatoms. The van der Waals surface area contributed by atoms with Crippen LogP contribution < -0.4 is 5.56 Å². The van der Waals surface area contributed by atoms with E-state index in [9.17, 15) is 9.59 Å². The van der Waals surface area contributed by atoms with Crippen molar-refractivity contribution < 1.29 is 9.53 Å². The topological polar surface area (TPSA) is 64.4 Å². The highest BCUT2D eigenvalue weighted by molar-refractivity contribution is 8.00. The molecule has 1 aromatic heterocycles. The zero-order chi connectivity index (χ0) is 21.3. The Hall–Kier alpha value is -2.64. The predicted octanol–water partition coefficient (Wildman–Crippen LogP) is 3.34. The molecule has 4 rings (SSSR count). The summed E-state index contributed by atoms with van der Waals surface area (Å²) >= 11 is 1.33. The molecule has 3 aromatic rings. The van der Waals surface area contributed by atoms with E-state index in [0.29, 0.717) is 42.4 Å². The van der Waals surface area contributed by atoms with Gasteiger partial charge in [0.25, 0.3) is 5.56 Å². The van der Waals surface area contributed by atoms with Crippen LogP contribution in [0.25, 0.3) is 16.6 Å². The van der Waals surface area contributed by atoms with E-state index >= 15 is 0 Å². The van der Waals surface area contributed by atoms with Crippen molar-refractivity contribution in [2.24, 2.45) is 0 Å². The number of fused-ring (bicyclic) bond motifs is 1. The van der Waals surface area contributed by atoms with Crippen molar-refractivity contribution in [3.05, 3.63) is 63.9 Å². The van der Waals surface area contributed by atoms with Gasteiger partial charge in [0, 0.05) is 13.1 Å². The van der Waals surface area contributed by atoms with Crippen LogP contribution in [0.3, 0.4) is 0 Å². The highest BCUT2D eigenvalue weighted by atomic mass is 32.2. The molecule has 1 aliphatic heterocycles. The maximum absolute atomic E-state index is 13.4. The number of carbonyl (C=O) groups is 1. The van der Waals surface area contributed by atoms with Crippen LogP contribution in [0.2, 0.25) is 0 Å². The van der Waals surface area contributed by atoms with Crippen molar-refractivity contribution in [1.29, 1.82) is 0 Å². The van der Waals surface area contributed by atoms with Crippen LogP contribution in [-0.2, 0) is 9.53 Å². The summed E-state index contributed by atoms with van der Waals surface area (Å²) in [5, 5.41) is 0.720. The van der Waals surface area contributed by atoms with E-state index in [4.69, 9.17) is 9.72 Å². The van der Waals surface area contributed by atoms with Gasteiger partial charge in [-0.1, -0.05) is 30.0 Å². The number of nitrogens with zero attached hydrogens (tertiary/aromatic N) is 3. The summed E-state index contributed by atoms with van der Waals surface area (Å²) in [5.41, 5.74) is 3.52. The van der Waals surface area contributed by atoms with E-state index in [2.05, 4.69) is 0 Å². The molecule has 1 aliphatic rings. The summed E-state index contributed by atoms with van der Waals surface area (Å²) in [7, 11) is 0. The number of amides is 1. The molecule has 0 bridgehead atoms. The van der Waals surface area contributed by atoms with Gasteiger partial charge in [-0.05, 0) is 56.2 Å². The number of aryl methyl sites for hydroxylation is 2. The minimum atomic E-state index is -0.367. The second-order valence-corrected chi connectivity index (χ2v) is 8.83. The second kappa shape index (κ2) is 8.62. The lowest BCUT2D eigenvalue weighted by molar-refractivity contribution is -0.134. The zero-order valence-corrected chi connectivity index (χ0v) is 18.2. The molecule has 1 saturated heterocycles. The van der Waals surface area contributed by atoms with Crippen LogP contribution in [0.5, 0.6) is 0 Å². The molecule has 1 atom stereocenters. The van der Waals surface area contributed by atoms with Crippen LogP contribution in [-0.4, -0.2) is 51.9 Å². The molecule has 156 valence electrons. The third-order valence-electron chi connectivity index (χ3n) is 5.45. The number of hydrogen-bond donors (Lipinski definition) is 0. The second-order valence-electron chi connectivity index (χ2n) is 7.52. The maximum atomic E-state index is 13.4. The molecule has 6 nitrogen and oxygen atoms in total. The van der Waals surface area contributed by atoms with Crippen LogP contribution in [0.15, 0.2) is 52.4 Å². The summed E-state index contributed by atoms with van der Waals surface area (Å²) in [4.78, 5) is 32.9. The third-order valence-corrected chi connectivity index (χ3v) is 6.49. The summed E-state index contributed by atoms with van der Waals surface area (Å²) in [6, 6.07) is 13.3. The number of rotatable bonds is 4. The van der Waals surface area contributed by atoms with Gasteiger partial charge >= 0.3 is 0 Å². The van der Waals surface area contributed by atoms with Crippen molar-refractivity contribution in [3.63, 3.8) is 0 Å². The van der Waals surface area contributed by atoms with Crippen LogP contribution >= 0.6 is 11.8 Å². The lowest BCUT2D eigenvalue weighted by atomic mass is 10.1. The Bertz CT molecular complexity index is 1150. The normalized spacial score (nSPS) is 15.4. The quantitative estimate of drug-likeness (QED) is 0.476. The van der Waals surface area contributed by atoms with E-state index in [1.807, 2.05) is 62.1 Å². The molecule has 2 heterocycles. The fraction of sp³-hybridized carbons (Fsp3) is 0.348. The average Bonchev–Trinajstić information content (AvgIpc) is 2.76.